The lowest BCUT2D eigenvalue weighted by Gasteiger charge is -2.25. The highest BCUT2D eigenvalue weighted by molar-refractivity contribution is 6.46. The van der Waals surface area contributed by atoms with Crippen molar-refractivity contribution in [1.29, 1.82) is 0 Å². The lowest BCUT2D eigenvalue weighted by Crippen LogP contribution is -2.31. The molecular formula is C31H33NO5. The molecule has 0 aliphatic carbocycles. The average Bonchev–Trinajstić information content (AvgIpc) is 3.17. The number of rotatable bonds is 10. The summed E-state index contributed by atoms with van der Waals surface area (Å²) in [6.07, 6.45) is 1.46. The number of amides is 1. The molecule has 0 radical (unpaired) electrons. The van der Waals surface area contributed by atoms with Crippen molar-refractivity contribution in [3.05, 3.63) is 106 Å². The summed E-state index contributed by atoms with van der Waals surface area (Å²) >= 11 is 0. The van der Waals surface area contributed by atoms with Crippen LogP contribution >= 0.6 is 0 Å². The molecule has 3 aromatic carbocycles. The van der Waals surface area contributed by atoms with Crippen LogP contribution in [0.3, 0.4) is 0 Å². The molecule has 1 aliphatic rings. The molecule has 1 amide bonds. The van der Waals surface area contributed by atoms with Crippen LogP contribution in [0.4, 0.5) is 0 Å². The van der Waals surface area contributed by atoms with Gasteiger partial charge < -0.3 is 19.5 Å². The van der Waals surface area contributed by atoms with Crippen LogP contribution in [0.25, 0.3) is 5.76 Å². The highest BCUT2D eigenvalue weighted by Gasteiger charge is 2.45. The number of nitrogens with zero attached hydrogens (tertiary/aromatic N) is 1. The van der Waals surface area contributed by atoms with E-state index in [1.807, 2.05) is 67.6 Å². The first-order valence-electron chi connectivity index (χ1n) is 12.6. The van der Waals surface area contributed by atoms with Gasteiger partial charge in [-0.05, 0) is 60.2 Å². The quantitative estimate of drug-likeness (QED) is 0.170. The number of likely N-dealkylation sites (tertiary alicyclic amines) is 1. The van der Waals surface area contributed by atoms with E-state index < -0.39 is 17.7 Å². The van der Waals surface area contributed by atoms with Crippen molar-refractivity contribution in [3.63, 3.8) is 0 Å². The van der Waals surface area contributed by atoms with E-state index in [-0.39, 0.29) is 11.3 Å². The molecule has 0 saturated carbocycles. The number of carbonyl (C=O) groups is 2. The molecule has 1 heterocycles. The molecule has 0 spiro atoms. The van der Waals surface area contributed by atoms with Crippen molar-refractivity contribution < 1.29 is 24.2 Å². The van der Waals surface area contributed by atoms with Gasteiger partial charge in [-0.15, -0.1) is 0 Å². The van der Waals surface area contributed by atoms with E-state index in [1.165, 1.54) is 0 Å². The molecule has 4 rings (SSSR count). The van der Waals surface area contributed by atoms with E-state index in [0.29, 0.717) is 37.5 Å². The van der Waals surface area contributed by atoms with Crippen LogP contribution in [0.1, 0.15) is 47.2 Å². The molecule has 0 bridgehead atoms. The smallest absolute Gasteiger partial charge is 0.295 e. The zero-order valence-electron chi connectivity index (χ0n) is 21.6. The van der Waals surface area contributed by atoms with Crippen LogP contribution in [0.15, 0.2) is 78.4 Å². The Morgan fingerprint density at radius 3 is 2.35 bits per heavy atom. The van der Waals surface area contributed by atoms with Gasteiger partial charge in [0.25, 0.3) is 11.7 Å². The second kappa shape index (κ2) is 11.9. The molecule has 0 aromatic heterocycles. The fraction of sp³-hybridized carbons (Fsp3) is 0.290. The zero-order valence-corrected chi connectivity index (χ0v) is 21.6. The maximum Gasteiger partial charge on any atom is 0.295 e. The lowest BCUT2D eigenvalue weighted by atomic mass is 9.93. The van der Waals surface area contributed by atoms with Gasteiger partial charge in [-0.1, -0.05) is 61.5 Å². The summed E-state index contributed by atoms with van der Waals surface area (Å²) in [5.74, 6) is -0.806. The maximum absolute atomic E-state index is 13.2. The number of aliphatic hydroxyl groups excluding tert-OH is 1. The highest BCUT2D eigenvalue weighted by atomic mass is 16.5. The normalized spacial score (nSPS) is 16.8. The van der Waals surface area contributed by atoms with Gasteiger partial charge in [-0.25, -0.2) is 0 Å². The largest absolute Gasteiger partial charge is 0.507 e. The first-order valence-corrected chi connectivity index (χ1v) is 12.6. The molecule has 1 saturated heterocycles. The van der Waals surface area contributed by atoms with Crippen LogP contribution in [0.2, 0.25) is 0 Å². The van der Waals surface area contributed by atoms with E-state index in [4.69, 9.17) is 9.47 Å². The Kier molecular flexibility index (Phi) is 8.41. The Bertz CT molecular complexity index is 1280. The predicted octanol–water partition coefficient (Wildman–Crippen LogP) is 5.59. The molecule has 1 N–H and O–H groups in total. The Hall–Kier alpha value is -3.90. The number of hydrogen-bond acceptors (Lipinski definition) is 5. The molecular weight excluding hydrogens is 466 g/mol. The number of ether oxygens (including phenoxy) is 2. The van der Waals surface area contributed by atoms with Gasteiger partial charge in [0.15, 0.2) is 0 Å². The van der Waals surface area contributed by atoms with E-state index in [1.54, 1.807) is 24.1 Å². The van der Waals surface area contributed by atoms with Gasteiger partial charge in [-0.2, -0.15) is 0 Å². The zero-order chi connectivity index (χ0) is 26.4. The summed E-state index contributed by atoms with van der Waals surface area (Å²) in [6.45, 7) is 5.16. The Morgan fingerprint density at radius 2 is 1.70 bits per heavy atom. The van der Waals surface area contributed by atoms with Crippen molar-refractivity contribution in [2.24, 2.45) is 0 Å². The number of methoxy groups -OCH3 is 1. The fourth-order valence-corrected chi connectivity index (χ4v) is 4.65. The Balaban J connectivity index is 1.69. The maximum atomic E-state index is 13.2. The summed E-state index contributed by atoms with van der Waals surface area (Å²) in [4.78, 5) is 27.9. The monoisotopic (exact) mass is 499 g/mol. The van der Waals surface area contributed by atoms with E-state index in [2.05, 4.69) is 6.92 Å². The van der Waals surface area contributed by atoms with Crippen molar-refractivity contribution in [2.45, 2.75) is 39.3 Å². The van der Waals surface area contributed by atoms with E-state index in [9.17, 15) is 14.7 Å². The van der Waals surface area contributed by atoms with Gasteiger partial charge in [0, 0.05) is 25.8 Å². The predicted molar refractivity (Wildman–Crippen MR) is 143 cm³/mol. The van der Waals surface area contributed by atoms with Crippen molar-refractivity contribution >= 4 is 17.4 Å². The molecule has 192 valence electrons. The summed E-state index contributed by atoms with van der Waals surface area (Å²) in [5.41, 5.74) is 4.34. The first kappa shape index (κ1) is 26.2. The van der Waals surface area contributed by atoms with Gasteiger partial charge >= 0.3 is 0 Å². The number of aliphatic hydroxyl groups is 1. The fourth-order valence-electron chi connectivity index (χ4n) is 4.65. The van der Waals surface area contributed by atoms with E-state index >= 15 is 0 Å². The summed E-state index contributed by atoms with van der Waals surface area (Å²) in [5, 5.41) is 11.4. The summed E-state index contributed by atoms with van der Waals surface area (Å²) < 4.78 is 11.1. The molecule has 1 fully saturated rings. The third-order valence-corrected chi connectivity index (χ3v) is 6.69. The van der Waals surface area contributed by atoms with Crippen LogP contribution in [-0.4, -0.2) is 42.0 Å². The minimum Gasteiger partial charge on any atom is -0.507 e. The number of aryl methyl sites for hydroxylation is 2. The van der Waals surface area contributed by atoms with Crippen LogP contribution < -0.4 is 4.74 Å². The third kappa shape index (κ3) is 5.75. The van der Waals surface area contributed by atoms with Crippen LogP contribution in [0.5, 0.6) is 5.75 Å². The lowest BCUT2D eigenvalue weighted by molar-refractivity contribution is -0.140. The van der Waals surface area contributed by atoms with Gasteiger partial charge in [0.1, 0.15) is 18.1 Å². The highest BCUT2D eigenvalue weighted by Crippen LogP contribution is 2.40. The van der Waals surface area contributed by atoms with E-state index in [0.717, 1.165) is 28.7 Å². The van der Waals surface area contributed by atoms with Gasteiger partial charge in [-0.3, -0.25) is 9.59 Å². The number of Topliss-reactive ketones (excluding diaryl/α,β-unsaturated/α-hetero) is 1. The first-order chi connectivity index (χ1) is 17.9. The molecule has 37 heavy (non-hydrogen) atoms. The second-order valence-corrected chi connectivity index (χ2v) is 9.18. The summed E-state index contributed by atoms with van der Waals surface area (Å²) in [7, 11) is 1.60. The molecule has 6 nitrogen and oxygen atoms in total. The average molecular weight is 500 g/mol. The third-order valence-electron chi connectivity index (χ3n) is 6.69. The standard InChI is InChI=1S/C31H33NO5/c1-4-22-11-13-24(14-12-22)28-27(30(34)31(35)32(28)17-8-18-36-3)29(33)26-16-15-25(19-21(26)2)37-20-23-9-6-5-7-10-23/h5-7,9-16,19,28,33H,4,8,17-18,20H2,1-3H3/t28-/m1/s1. The number of benzene rings is 3. The van der Waals surface area contributed by atoms with Crippen molar-refractivity contribution in [2.75, 3.05) is 20.3 Å². The summed E-state index contributed by atoms with van der Waals surface area (Å²) in [6, 6.07) is 22.4. The second-order valence-electron chi connectivity index (χ2n) is 9.18. The molecule has 3 aromatic rings. The number of hydrogen-bond donors (Lipinski definition) is 1. The van der Waals surface area contributed by atoms with Crippen LogP contribution in [-0.2, 0) is 27.4 Å². The minimum atomic E-state index is -0.678. The minimum absolute atomic E-state index is 0.104. The number of carbonyl (C=O) groups excluding carboxylic acids is 2. The van der Waals surface area contributed by atoms with Gasteiger partial charge in [0.2, 0.25) is 0 Å². The SMILES string of the molecule is CCc1ccc([C@@H]2C(=C(O)c3ccc(OCc4ccccc4)cc3C)C(=O)C(=O)N2CCCOC)cc1. The van der Waals surface area contributed by atoms with Crippen molar-refractivity contribution in [3.8, 4) is 5.75 Å². The van der Waals surface area contributed by atoms with Gasteiger partial charge in [0.05, 0.1) is 11.6 Å². The molecule has 0 unspecified atom stereocenters. The molecule has 1 aliphatic heterocycles. The number of ketones is 1. The Morgan fingerprint density at radius 1 is 0.973 bits per heavy atom. The molecule has 1 atom stereocenters. The Labute approximate surface area is 218 Å². The molecule has 6 heteroatoms. The van der Waals surface area contributed by atoms with Crippen LogP contribution in [0, 0.1) is 6.92 Å². The topological polar surface area (TPSA) is 76.1 Å². The van der Waals surface area contributed by atoms with Crippen molar-refractivity contribution in [1.82, 2.24) is 4.90 Å².